The Balaban J connectivity index is 0.00000245. The first-order valence-corrected chi connectivity index (χ1v) is 11.8. The van der Waals surface area contributed by atoms with E-state index in [1.165, 1.54) is 6.26 Å². The van der Waals surface area contributed by atoms with Gasteiger partial charge in [0.05, 0.1) is 18.1 Å². The summed E-state index contributed by atoms with van der Waals surface area (Å²) in [5.41, 5.74) is 3.45. The quantitative estimate of drug-likeness (QED) is 0.487. The lowest BCUT2D eigenvalue weighted by molar-refractivity contribution is 0.122. The van der Waals surface area contributed by atoms with E-state index in [0.717, 1.165) is 16.8 Å². The van der Waals surface area contributed by atoms with Gasteiger partial charge in [-0.1, -0.05) is 18.2 Å². The van der Waals surface area contributed by atoms with Gasteiger partial charge >= 0.3 is 0 Å². The summed E-state index contributed by atoms with van der Waals surface area (Å²) in [7, 11) is -3.43. The van der Waals surface area contributed by atoms with Gasteiger partial charge in [0.15, 0.2) is 9.84 Å². The lowest BCUT2D eigenvalue weighted by atomic mass is 10.00. The minimum absolute atomic E-state index is 0. The number of aromatic nitrogens is 4. The fourth-order valence-corrected chi connectivity index (χ4v) is 4.81. The molecule has 0 amide bonds. The molecule has 1 aliphatic heterocycles. The Kier molecular flexibility index (Phi) is 6.14. The number of nitrogens with one attached hydrogen (secondary N) is 1. The Labute approximate surface area is 192 Å². The Morgan fingerprint density at radius 1 is 1.06 bits per heavy atom. The van der Waals surface area contributed by atoms with Crippen molar-refractivity contribution in [3.63, 3.8) is 0 Å². The maximum absolute atomic E-state index is 12.5. The Bertz CT molecular complexity index is 1350. The fraction of sp³-hybridized carbons (Fsp3) is 0.227. The summed E-state index contributed by atoms with van der Waals surface area (Å²) in [6.07, 6.45) is 4.67. The van der Waals surface area contributed by atoms with Gasteiger partial charge in [-0.15, -0.1) is 12.4 Å². The number of anilines is 1. The molecule has 8 nitrogen and oxygen atoms in total. The number of halogens is 1. The van der Waals surface area contributed by atoms with Gasteiger partial charge in [0.25, 0.3) is 0 Å². The molecule has 0 unspecified atom stereocenters. The number of rotatable bonds is 4. The van der Waals surface area contributed by atoms with Crippen molar-refractivity contribution in [3.8, 4) is 22.5 Å². The van der Waals surface area contributed by atoms with Crippen LogP contribution in [0.15, 0.2) is 59.8 Å². The van der Waals surface area contributed by atoms with Gasteiger partial charge < -0.3 is 9.64 Å². The Morgan fingerprint density at radius 2 is 1.84 bits per heavy atom. The number of sulfone groups is 1. The van der Waals surface area contributed by atoms with E-state index in [0.29, 0.717) is 48.8 Å². The predicted molar refractivity (Wildman–Crippen MR) is 126 cm³/mol. The van der Waals surface area contributed by atoms with Gasteiger partial charge in [0, 0.05) is 42.7 Å². The number of fused-ring (bicyclic) bond motifs is 1. The van der Waals surface area contributed by atoms with E-state index in [-0.39, 0.29) is 17.3 Å². The molecule has 0 atom stereocenters. The third-order valence-electron chi connectivity index (χ3n) is 5.37. The number of hydrogen-bond acceptors (Lipinski definition) is 7. The number of morpholine rings is 1. The Hall–Kier alpha value is -3.01. The number of ether oxygens (including phenoxy) is 1. The number of aromatic amines is 1. The van der Waals surface area contributed by atoms with Crippen LogP contribution in [-0.2, 0) is 14.6 Å². The van der Waals surface area contributed by atoms with E-state index in [1.807, 2.05) is 30.3 Å². The standard InChI is InChI=1S/C22H21N5O3S.ClH/c1-31(28,29)19-5-3-2-4-15(19)17-14-20(27-10-12-30-13-11-27)25-21-16(17)6-8-23-22(21)18-7-9-24-26-18;/h2-9,14H,10-13H2,1H3,(H,24,26);1H. The van der Waals surface area contributed by atoms with Crippen molar-refractivity contribution in [2.24, 2.45) is 0 Å². The summed E-state index contributed by atoms with van der Waals surface area (Å²) in [5, 5.41) is 7.92. The van der Waals surface area contributed by atoms with E-state index in [1.54, 1.807) is 24.5 Å². The van der Waals surface area contributed by atoms with Gasteiger partial charge in [-0.2, -0.15) is 5.10 Å². The van der Waals surface area contributed by atoms with E-state index >= 15 is 0 Å². The van der Waals surface area contributed by atoms with Crippen LogP contribution in [0, 0.1) is 0 Å². The van der Waals surface area contributed by atoms with Crippen molar-refractivity contribution >= 4 is 39.0 Å². The van der Waals surface area contributed by atoms with E-state index < -0.39 is 9.84 Å². The lowest BCUT2D eigenvalue weighted by Gasteiger charge is -2.28. The molecule has 0 spiro atoms. The van der Waals surface area contributed by atoms with Crippen LogP contribution in [0.25, 0.3) is 33.4 Å². The van der Waals surface area contributed by atoms with E-state index in [9.17, 15) is 8.42 Å². The highest BCUT2D eigenvalue weighted by molar-refractivity contribution is 7.90. The molecular formula is C22H22ClN5O3S. The van der Waals surface area contributed by atoms with Crippen LogP contribution < -0.4 is 4.90 Å². The molecule has 1 N–H and O–H groups in total. The summed E-state index contributed by atoms with van der Waals surface area (Å²) in [6.45, 7) is 2.66. The van der Waals surface area contributed by atoms with Crippen molar-refractivity contribution in [2.75, 3.05) is 37.5 Å². The number of hydrogen-bond donors (Lipinski definition) is 1. The summed E-state index contributed by atoms with van der Waals surface area (Å²) < 4.78 is 30.6. The highest BCUT2D eigenvalue weighted by Crippen LogP contribution is 2.37. The average Bonchev–Trinajstić information content (AvgIpc) is 3.33. The molecule has 1 saturated heterocycles. The zero-order valence-corrected chi connectivity index (χ0v) is 19.0. The van der Waals surface area contributed by atoms with Crippen LogP contribution in [-0.4, -0.2) is 61.1 Å². The molecule has 1 aliphatic rings. The average molecular weight is 472 g/mol. The van der Waals surface area contributed by atoms with E-state index in [2.05, 4.69) is 20.1 Å². The second-order valence-corrected chi connectivity index (χ2v) is 9.40. The molecule has 4 aromatic rings. The normalized spacial score (nSPS) is 14.3. The summed E-state index contributed by atoms with van der Waals surface area (Å²) in [4.78, 5) is 11.9. The third kappa shape index (κ3) is 4.06. The van der Waals surface area contributed by atoms with Gasteiger partial charge in [0.1, 0.15) is 22.7 Å². The third-order valence-corrected chi connectivity index (χ3v) is 6.52. The second kappa shape index (κ2) is 8.85. The first-order valence-electron chi connectivity index (χ1n) is 9.94. The molecule has 3 aromatic heterocycles. The molecule has 0 radical (unpaired) electrons. The summed E-state index contributed by atoms with van der Waals surface area (Å²) in [5.74, 6) is 0.763. The number of nitrogens with zero attached hydrogens (tertiary/aromatic N) is 4. The monoisotopic (exact) mass is 471 g/mol. The molecule has 4 heterocycles. The summed E-state index contributed by atoms with van der Waals surface area (Å²) >= 11 is 0. The predicted octanol–water partition coefficient (Wildman–Crippen LogP) is 3.35. The van der Waals surface area contributed by atoms with Crippen molar-refractivity contribution < 1.29 is 13.2 Å². The minimum Gasteiger partial charge on any atom is -0.378 e. The first kappa shape index (κ1) is 22.2. The maximum Gasteiger partial charge on any atom is 0.176 e. The van der Waals surface area contributed by atoms with Crippen LogP contribution in [0.3, 0.4) is 0 Å². The van der Waals surface area contributed by atoms with Gasteiger partial charge in [-0.05, 0) is 29.8 Å². The first-order chi connectivity index (χ1) is 15.0. The van der Waals surface area contributed by atoms with Crippen molar-refractivity contribution in [1.29, 1.82) is 0 Å². The molecule has 0 aliphatic carbocycles. The van der Waals surface area contributed by atoms with Crippen LogP contribution in [0.1, 0.15) is 0 Å². The molecule has 0 bridgehead atoms. The van der Waals surface area contributed by atoms with Crippen molar-refractivity contribution in [1.82, 2.24) is 20.2 Å². The molecule has 5 rings (SSSR count). The number of H-pyrrole nitrogens is 1. The van der Waals surface area contributed by atoms with Gasteiger partial charge in [0.2, 0.25) is 0 Å². The fourth-order valence-electron chi connectivity index (χ4n) is 3.91. The molecule has 10 heteroatoms. The van der Waals surface area contributed by atoms with Gasteiger partial charge in [-0.25, -0.2) is 13.4 Å². The molecule has 166 valence electrons. The SMILES string of the molecule is CS(=O)(=O)c1ccccc1-c1cc(N2CCOCC2)nc2c(-c3cc[nH]n3)nccc12.Cl. The van der Waals surface area contributed by atoms with Crippen LogP contribution >= 0.6 is 12.4 Å². The summed E-state index contributed by atoms with van der Waals surface area (Å²) in [6, 6.07) is 12.7. The molecule has 0 saturated carbocycles. The number of benzene rings is 1. The molecular weight excluding hydrogens is 450 g/mol. The van der Waals surface area contributed by atoms with Crippen LogP contribution in [0.4, 0.5) is 5.82 Å². The highest BCUT2D eigenvalue weighted by Gasteiger charge is 2.22. The van der Waals surface area contributed by atoms with Crippen LogP contribution in [0.5, 0.6) is 0 Å². The second-order valence-electron chi connectivity index (χ2n) is 7.41. The van der Waals surface area contributed by atoms with Crippen molar-refractivity contribution in [3.05, 3.63) is 54.9 Å². The topological polar surface area (TPSA) is 101 Å². The van der Waals surface area contributed by atoms with E-state index in [4.69, 9.17) is 9.72 Å². The Morgan fingerprint density at radius 3 is 2.56 bits per heavy atom. The maximum atomic E-state index is 12.5. The lowest BCUT2D eigenvalue weighted by Crippen LogP contribution is -2.36. The number of pyridine rings is 2. The zero-order valence-electron chi connectivity index (χ0n) is 17.4. The van der Waals surface area contributed by atoms with Crippen LogP contribution in [0.2, 0.25) is 0 Å². The largest absolute Gasteiger partial charge is 0.378 e. The van der Waals surface area contributed by atoms with Gasteiger partial charge in [-0.3, -0.25) is 10.1 Å². The highest BCUT2D eigenvalue weighted by atomic mass is 35.5. The molecule has 1 fully saturated rings. The van der Waals surface area contributed by atoms with Crippen molar-refractivity contribution in [2.45, 2.75) is 4.90 Å². The molecule has 1 aromatic carbocycles. The zero-order chi connectivity index (χ0) is 21.4. The minimum atomic E-state index is -3.43. The smallest absolute Gasteiger partial charge is 0.176 e. The molecule has 32 heavy (non-hydrogen) atoms.